The van der Waals surface area contributed by atoms with Gasteiger partial charge in [0.25, 0.3) is 0 Å². The molecule has 3 aromatic rings. The molecule has 2 saturated heterocycles. The normalized spacial score (nSPS) is 26.7. The second-order valence-electron chi connectivity index (χ2n) is 8.46. The molecular weight excluding hydrogens is 476 g/mol. The third-order valence-corrected chi connectivity index (χ3v) is 6.13. The van der Waals surface area contributed by atoms with Crippen molar-refractivity contribution in [1.29, 1.82) is 0 Å². The van der Waals surface area contributed by atoms with Crippen LogP contribution in [0.15, 0.2) is 30.7 Å². The topological polar surface area (TPSA) is 97.1 Å². The predicted molar refractivity (Wildman–Crippen MR) is 114 cm³/mol. The zero-order valence-corrected chi connectivity index (χ0v) is 19.2. The summed E-state index contributed by atoms with van der Waals surface area (Å²) in [6.07, 6.45) is -1.56. The van der Waals surface area contributed by atoms with E-state index in [0.717, 1.165) is 6.07 Å². The maximum atomic E-state index is 14.5. The minimum Gasteiger partial charge on any atom is -0.464 e. The summed E-state index contributed by atoms with van der Waals surface area (Å²) in [7, 11) is 1.34. The molecule has 5 atom stereocenters. The van der Waals surface area contributed by atoms with Crippen molar-refractivity contribution in [3.05, 3.63) is 53.1 Å². The molecule has 0 aliphatic carbocycles. The van der Waals surface area contributed by atoms with Crippen molar-refractivity contribution >= 4 is 22.6 Å². The number of fused-ring (bicyclic) bond motifs is 2. The Hall–Kier alpha value is -2.41. The van der Waals surface area contributed by atoms with Gasteiger partial charge in [-0.05, 0) is 32.0 Å². The van der Waals surface area contributed by atoms with Crippen molar-refractivity contribution in [3.63, 3.8) is 0 Å². The minimum absolute atomic E-state index is 0.0172. The second-order valence-corrected chi connectivity index (χ2v) is 8.81. The van der Waals surface area contributed by atoms with Gasteiger partial charge in [-0.3, -0.25) is 0 Å². The molecule has 0 radical (unpaired) electrons. The number of halogens is 3. The van der Waals surface area contributed by atoms with Crippen LogP contribution in [0.1, 0.15) is 31.7 Å². The number of benzene rings is 1. The van der Waals surface area contributed by atoms with Gasteiger partial charge in [-0.15, -0.1) is 0 Å². The van der Waals surface area contributed by atoms with Crippen LogP contribution in [-0.2, 0) is 18.9 Å². The number of rotatable bonds is 6. The van der Waals surface area contributed by atoms with E-state index in [1.54, 1.807) is 30.7 Å². The Labute approximate surface area is 198 Å². The molecule has 34 heavy (non-hydrogen) atoms. The van der Waals surface area contributed by atoms with Crippen LogP contribution in [-0.4, -0.2) is 57.6 Å². The van der Waals surface area contributed by atoms with Gasteiger partial charge in [0.1, 0.15) is 41.5 Å². The van der Waals surface area contributed by atoms with E-state index in [9.17, 15) is 13.9 Å². The van der Waals surface area contributed by atoms with Crippen LogP contribution < -0.4 is 4.74 Å². The zero-order valence-electron chi connectivity index (χ0n) is 18.4. The van der Waals surface area contributed by atoms with E-state index in [0.29, 0.717) is 11.0 Å². The first-order valence-corrected chi connectivity index (χ1v) is 10.9. The van der Waals surface area contributed by atoms with Gasteiger partial charge >= 0.3 is 0 Å². The highest BCUT2D eigenvalue weighted by molar-refractivity contribution is 6.33. The molecule has 0 unspecified atom stereocenters. The molecule has 2 fully saturated rings. The van der Waals surface area contributed by atoms with Gasteiger partial charge in [-0.2, -0.15) is 4.39 Å². The van der Waals surface area contributed by atoms with Gasteiger partial charge in [0.2, 0.25) is 5.82 Å². The van der Waals surface area contributed by atoms with E-state index in [-0.39, 0.29) is 17.5 Å². The van der Waals surface area contributed by atoms with E-state index in [1.165, 1.54) is 19.5 Å². The molecule has 2 aliphatic rings. The van der Waals surface area contributed by atoms with Crippen molar-refractivity contribution < 1.29 is 37.6 Å². The number of aliphatic hydroxyl groups excluding tert-OH is 1. The molecule has 9 nitrogen and oxygen atoms in total. The molecule has 0 bridgehead atoms. The Bertz CT molecular complexity index is 1220. The lowest BCUT2D eigenvalue weighted by Crippen LogP contribution is -2.34. The Morgan fingerprint density at radius 1 is 1.21 bits per heavy atom. The Morgan fingerprint density at radius 2 is 1.97 bits per heavy atom. The first kappa shape index (κ1) is 23.3. The van der Waals surface area contributed by atoms with Gasteiger partial charge in [0, 0.05) is 18.9 Å². The van der Waals surface area contributed by atoms with E-state index in [2.05, 4.69) is 9.97 Å². The average molecular weight is 498 g/mol. The fourth-order valence-electron chi connectivity index (χ4n) is 4.45. The number of methoxy groups -OCH3 is 1. The molecule has 1 aromatic carbocycles. The average Bonchev–Trinajstić information content (AvgIpc) is 3.45. The molecule has 0 spiro atoms. The summed E-state index contributed by atoms with van der Waals surface area (Å²) in [6, 6.07) is 3.89. The van der Waals surface area contributed by atoms with Gasteiger partial charge < -0.3 is 33.4 Å². The van der Waals surface area contributed by atoms with Crippen molar-refractivity contribution in [3.8, 4) is 5.75 Å². The Balaban J connectivity index is 1.54. The van der Waals surface area contributed by atoms with Crippen LogP contribution in [0.5, 0.6) is 5.75 Å². The van der Waals surface area contributed by atoms with Crippen molar-refractivity contribution in [2.45, 2.75) is 50.3 Å². The van der Waals surface area contributed by atoms with E-state index in [1.807, 2.05) is 0 Å². The summed E-state index contributed by atoms with van der Waals surface area (Å²) < 4.78 is 58.6. The number of ether oxygens (including phenoxy) is 5. The molecule has 0 amide bonds. The molecule has 4 heterocycles. The Kier molecular flexibility index (Phi) is 5.95. The molecule has 12 heteroatoms. The maximum Gasteiger partial charge on any atom is 0.201 e. The molecule has 2 aromatic heterocycles. The van der Waals surface area contributed by atoms with Gasteiger partial charge in [-0.1, -0.05) is 11.6 Å². The molecule has 5 rings (SSSR count). The fraction of sp³-hybridized carbons (Fsp3) is 0.455. The smallest absolute Gasteiger partial charge is 0.201 e. The van der Waals surface area contributed by atoms with Crippen molar-refractivity contribution in [2.24, 2.45) is 0 Å². The highest BCUT2D eigenvalue weighted by Crippen LogP contribution is 2.48. The largest absolute Gasteiger partial charge is 0.464 e. The molecule has 0 saturated carbocycles. The Morgan fingerprint density at radius 3 is 2.74 bits per heavy atom. The third-order valence-electron chi connectivity index (χ3n) is 5.83. The standard InChI is InChI=1S/C22H22ClF2N3O6/c1-22(2)33-17-16(14(29)10-4-5-12(24)13(25)15(10)31-9-30-3)32-21(18(17)34-22)28-7-6-11-19(23)26-8-27-20(11)28/h4-8,14,16-18,21,29H,9H2,1-3H3/t14-,16-,17-,18-,21-/m1/s1. The lowest BCUT2D eigenvalue weighted by molar-refractivity contribution is -0.207. The monoisotopic (exact) mass is 497 g/mol. The lowest BCUT2D eigenvalue weighted by atomic mass is 9.98. The molecule has 1 N–H and O–H groups in total. The van der Waals surface area contributed by atoms with Crippen molar-refractivity contribution in [2.75, 3.05) is 13.9 Å². The predicted octanol–water partition coefficient (Wildman–Crippen LogP) is 3.50. The number of aliphatic hydroxyl groups is 1. The van der Waals surface area contributed by atoms with Crippen LogP contribution >= 0.6 is 11.6 Å². The summed E-state index contributed by atoms with van der Waals surface area (Å²) in [5.41, 5.74) is 0.487. The van der Waals surface area contributed by atoms with Crippen LogP contribution in [0.25, 0.3) is 11.0 Å². The number of hydrogen-bond acceptors (Lipinski definition) is 8. The van der Waals surface area contributed by atoms with Gasteiger partial charge in [0.05, 0.1) is 5.39 Å². The summed E-state index contributed by atoms with van der Waals surface area (Å²) in [5, 5.41) is 12.2. The second kappa shape index (κ2) is 8.67. The van der Waals surface area contributed by atoms with E-state index in [4.69, 9.17) is 35.3 Å². The van der Waals surface area contributed by atoms with Crippen LogP contribution in [0, 0.1) is 11.6 Å². The maximum absolute atomic E-state index is 14.5. The minimum atomic E-state index is -1.45. The van der Waals surface area contributed by atoms with Gasteiger partial charge in [-0.25, -0.2) is 14.4 Å². The molecule has 2 aliphatic heterocycles. The third kappa shape index (κ3) is 3.82. The van der Waals surface area contributed by atoms with E-state index < -0.39 is 53.8 Å². The van der Waals surface area contributed by atoms with Crippen LogP contribution in [0.2, 0.25) is 5.15 Å². The summed E-state index contributed by atoms with van der Waals surface area (Å²) >= 11 is 6.19. The summed E-state index contributed by atoms with van der Waals surface area (Å²) in [4.78, 5) is 8.28. The number of aromatic nitrogens is 3. The highest BCUT2D eigenvalue weighted by atomic mass is 35.5. The first-order chi connectivity index (χ1) is 16.2. The fourth-order valence-corrected chi connectivity index (χ4v) is 4.64. The summed E-state index contributed by atoms with van der Waals surface area (Å²) in [6.45, 7) is 3.13. The SMILES string of the molecule is COCOc1c([C@@H](O)[C@H]2O[C@@H](n3ccc4c(Cl)ncnc43)[C@@H]3OC(C)(C)O[C@@H]32)ccc(F)c1F. The summed E-state index contributed by atoms with van der Waals surface area (Å²) in [5.74, 6) is -3.82. The zero-order chi connectivity index (χ0) is 24.2. The molecular formula is C22H22ClF2N3O6. The van der Waals surface area contributed by atoms with Gasteiger partial charge in [0.15, 0.2) is 30.4 Å². The van der Waals surface area contributed by atoms with Crippen LogP contribution in [0.4, 0.5) is 8.78 Å². The number of hydrogen-bond donors (Lipinski definition) is 1. The first-order valence-electron chi connectivity index (χ1n) is 10.5. The molecule has 182 valence electrons. The van der Waals surface area contributed by atoms with Crippen molar-refractivity contribution in [1.82, 2.24) is 14.5 Å². The van der Waals surface area contributed by atoms with Crippen LogP contribution in [0.3, 0.4) is 0 Å². The quantitative estimate of drug-likeness (QED) is 0.408. The van der Waals surface area contributed by atoms with E-state index >= 15 is 0 Å². The highest BCUT2D eigenvalue weighted by Gasteiger charge is 2.58. The lowest BCUT2D eigenvalue weighted by Gasteiger charge is -2.28. The number of nitrogens with zero attached hydrogens (tertiary/aromatic N) is 3.